The average Bonchev–Trinajstić information content (AvgIpc) is 3.44. The largest absolute Gasteiger partial charge is 0.354 e. The van der Waals surface area contributed by atoms with Gasteiger partial charge in [0.1, 0.15) is 0 Å². The molecule has 7 nitrogen and oxygen atoms in total. The molecule has 2 heterocycles. The number of rotatable bonds is 9. The zero-order valence-electron chi connectivity index (χ0n) is 17.0. The molecule has 9 heteroatoms. The summed E-state index contributed by atoms with van der Waals surface area (Å²) in [5.74, 6) is 1.01. The molecule has 0 aliphatic carbocycles. The third kappa shape index (κ3) is 5.50. The third-order valence-corrected chi connectivity index (χ3v) is 6.24. The van der Waals surface area contributed by atoms with Crippen molar-refractivity contribution in [3.8, 4) is 11.3 Å². The Bertz CT molecular complexity index is 1130. The van der Waals surface area contributed by atoms with Gasteiger partial charge in [0.25, 0.3) is 0 Å². The summed E-state index contributed by atoms with van der Waals surface area (Å²) in [5, 5.41) is 18.4. The fraction of sp³-hybridized carbons (Fsp3) is 0.182. The van der Waals surface area contributed by atoms with Gasteiger partial charge in [0.2, 0.25) is 5.91 Å². The monoisotopic (exact) mass is 450 g/mol. The summed E-state index contributed by atoms with van der Waals surface area (Å²) in [4.78, 5) is 16.9. The number of benzene rings is 2. The number of aromatic nitrogens is 4. The SMILES string of the molecule is CCn1c(CNc2nc(-c3ccccc3)cs2)nnc1SCC(=O)Nc1ccccc1. The number of hydrogen-bond donors (Lipinski definition) is 2. The molecule has 0 radical (unpaired) electrons. The molecule has 0 aliphatic heterocycles. The van der Waals surface area contributed by atoms with Crippen LogP contribution < -0.4 is 10.6 Å². The summed E-state index contributed by atoms with van der Waals surface area (Å²) in [6.45, 7) is 3.27. The predicted octanol–water partition coefficient (Wildman–Crippen LogP) is 4.76. The van der Waals surface area contributed by atoms with E-state index in [1.807, 2.05) is 77.5 Å². The number of nitrogens with zero attached hydrogens (tertiary/aromatic N) is 4. The van der Waals surface area contributed by atoms with Gasteiger partial charge in [0.15, 0.2) is 16.1 Å². The van der Waals surface area contributed by atoms with Crippen LogP contribution in [0.15, 0.2) is 71.2 Å². The summed E-state index contributed by atoms with van der Waals surface area (Å²) in [6, 6.07) is 19.5. The zero-order chi connectivity index (χ0) is 21.5. The molecule has 2 N–H and O–H groups in total. The lowest BCUT2D eigenvalue weighted by molar-refractivity contribution is -0.113. The summed E-state index contributed by atoms with van der Waals surface area (Å²) in [6.07, 6.45) is 0. The lowest BCUT2D eigenvalue weighted by atomic mass is 10.2. The van der Waals surface area contributed by atoms with Crippen molar-refractivity contribution in [2.45, 2.75) is 25.2 Å². The lowest BCUT2D eigenvalue weighted by Crippen LogP contribution is -2.15. The molecule has 0 fully saturated rings. The van der Waals surface area contributed by atoms with Gasteiger partial charge in [-0.15, -0.1) is 21.5 Å². The zero-order valence-corrected chi connectivity index (χ0v) is 18.6. The molecule has 0 saturated carbocycles. The number of thiazole rings is 1. The second-order valence-electron chi connectivity index (χ2n) is 6.60. The number of thioether (sulfide) groups is 1. The number of carbonyl (C=O) groups excluding carboxylic acids is 1. The van der Waals surface area contributed by atoms with E-state index in [9.17, 15) is 4.79 Å². The van der Waals surface area contributed by atoms with Crippen molar-refractivity contribution in [3.05, 3.63) is 71.9 Å². The van der Waals surface area contributed by atoms with Crippen LogP contribution in [0.5, 0.6) is 0 Å². The normalized spacial score (nSPS) is 10.7. The molecular formula is C22H22N6OS2. The second kappa shape index (κ2) is 10.2. The number of anilines is 2. The van der Waals surface area contributed by atoms with Crippen molar-refractivity contribution in [1.29, 1.82) is 0 Å². The fourth-order valence-corrected chi connectivity index (χ4v) is 4.51. The Morgan fingerprint density at radius 1 is 1.06 bits per heavy atom. The van der Waals surface area contributed by atoms with Gasteiger partial charge in [-0.2, -0.15) is 0 Å². The van der Waals surface area contributed by atoms with E-state index in [2.05, 4.69) is 25.8 Å². The maximum absolute atomic E-state index is 12.2. The number of carbonyl (C=O) groups is 1. The van der Waals surface area contributed by atoms with Gasteiger partial charge in [-0.3, -0.25) is 4.79 Å². The highest BCUT2D eigenvalue weighted by Gasteiger charge is 2.14. The molecule has 31 heavy (non-hydrogen) atoms. The third-order valence-electron chi connectivity index (χ3n) is 4.47. The smallest absolute Gasteiger partial charge is 0.234 e. The number of amides is 1. The van der Waals surface area contributed by atoms with Crippen LogP contribution in [0, 0.1) is 0 Å². The van der Waals surface area contributed by atoms with E-state index < -0.39 is 0 Å². The molecule has 4 aromatic rings. The van der Waals surface area contributed by atoms with Crippen LogP contribution in [0.4, 0.5) is 10.8 Å². The molecule has 158 valence electrons. The quantitative estimate of drug-likeness (QED) is 0.358. The minimum absolute atomic E-state index is 0.0715. The van der Waals surface area contributed by atoms with E-state index in [-0.39, 0.29) is 11.7 Å². The van der Waals surface area contributed by atoms with Crippen molar-refractivity contribution in [3.63, 3.8) is 0 Å². The Labute approximate surface area is 188 Å². The molecular weight excluding hydrogens is 428 g/mol. The van der Waals surface area contributed by atoms with Crippen molar-refractivity contribution < 1.29 is 4.79 Å². The summed E-state index contributed by atoms with van der Waals surface area (Å²) in [7, 11) is 0. The maximum Gasteiger partial charge on any atom is 0.234 e. The molecule has 2 aromatic heterocycles. The molecule has 4 rings (SSSR count). The average molecular weight is 451 g/mol. The van der Waals surface area contributed by atoms with Crippen LogP contribution in [0.25, 0.3) is 11.3 Å². The van der Waals surface area contributed by atoms with Crippen molar-refractivity contribution in [2.75, 3.05) is 16.4 Å². The van der Waals surface area contributed by atoms with Crippen molar-refractivity contribution in [2.24, 2.45) is 0 Å². The minimum atomic E-state index is -0.0715. The van der Waals surface area contributed by atoms with Crippen molar-refractivity contribution >= 4 is 39.8 Å². The fourth-order valence-electron chi connectivity index (χ4n) is 2.97. The van der Waals surface area contributed by atoms with Gasteiger partial charge in [0, 0.05) is 23.2 Å². The summed E-state index contributed by atoms with van der Waals surface area (Å²) in [5.41, 5.74) is 2.83. The first-order valence-corrected chi connectivity index (χ1v) is 11.7. The molecule has 1 amide bonds. The van der Waals surface area contributed by atoms with Gasteiger partial charge < -0.3 is 15.2 Å². The Hall–Kier alpha value is -3.17. The lowest BCUT2D eigenvalue weighted by Gasteiger charge is -2.08. The highest BCUT2D eigenvalue weighted by Crippen LogP contribution is 2.25. The molecule has 0 unspecified atom stereocenters. The standard InChI is InChI=1S/C22H22N6OS2/c1-2-28-19(13-23-21-25-18(14-30-21)16-9-5-3-6-10-16)26-27-22(28)31-15-20(29)24-17-11-7-4-8-12-17/h3-12,14H,2,13,15H2,1H3,(H,23,25)(H,24,29). The van der Waals surface area contributed by atoms with E-state index in [1.54, 1.807) is 11.3 Å². The minimum Gasteiger partial charge on any atom is -0.354 e. The maximum atomic E-state index is 12.2. The van der Waals surface area contributed by atoms with Gasteiger partial charge in [-0.05, 0) is 19.1 Å². The van der Waals surface area contributed by atoms with E-state index >= 15 is 0 Å². The number of hydrogen-bond acceptors (Lipinski definition) is 7. The van der Waals surface area contributed by atoms with Crippen LogP contribution in [-0.4, -0.2) is 31.4 Å². The summed E-state index contributed by atoms with van der Waals surface area (Å²) < 4.78 is 2.01. The first kappa shape index (κ1) is 21.1. The number of para-hydroxylation sites is 1. The Morgan fingerprint density at radius 3 is 2.55 bits per heavy atom. The molecule has 0 bridgehead atoms. The molecule has 2 aromatic carbocycles. The first-order valence-electron chi connectivity index (χ1n) is 9.87. The van der Waals surface area contributed by atoms with Crippen LogP contribution in [0.3, 0.4) is 0 Å². The van der Waals surface area contributed by atoms with E-state index in [4.69, 9.17) is 0 Å². The molecule has 0 saturated heterocycles. The second-order valence-corrected chi connectivity index (χ2v) is 8.40. The molecule has 0 aliphatic rings. The van der Waals surface area contributed by atoms with Gasteiger partial charge in [0.05, 0.1) is 18.0 Å². The topological polar surface area (TPSA) is 84.7 Å². The van der Waals surface area contributed by atoms with Gasteiger partial charge in [-0.1, -0.05) is 60.3 Å². The Balaban J connectivity index is 1.34. The Morgan fingerprint density at radius 2 is 1.81 bits per heavy atom. The van der Waals surface area contributed by atoms with Crippen LogP contribution in [-0.2, 0) is 17.9 Å². The molecule has 0 atom stereocenters. The van der Waals surface area contributed by atoms with E-state index in [0.717, 1.165) is 39.6 Å². The van der Waals surface area contributed by atoms with Crippen LogP contribution in [0.2, 0.25) is 0 Å². The van der Waals surface area contributed by atoms with Crippen LogP contribution in [0.1, 0.15) is 12.7 Å². The molecule has 0 spiro atoms. The van der Waals surface area contributed by atoms with Gasteiger partial charge in [-0.25, -0.2) is 4.98 Å². The van der Waals surface area contributed by atoms with Crippen LogP contribution >= 0.6 is 23.1 Å². The van der Waals surface area contributed by atoms with E-state index in [1.165, 1.54) is 11.8 Å². The van der Waals surface area contributed by atoms with Crippen molar-refractivity contribution in [1.82, 2.24) is 19.7 Å². The summed E-state index contributed by atoms with van der Waals surface area (Å²) >= 11 is 2.94. The highest BCUT2D eigenvalue weighted by molar-refractivity contribution is 7.99. The predicted molar refractivity (Wildman–Crippen MR) is 126 cm³/mol. The van der Waals surface area contributed by atoms with Gasteiger partial charge >= 0.3 is 0 Å². The highest BCUT2D eigenvalue weighted by atomic mass is 32.2. The van der Waals surface area contributed by atoms with E-state index in [0.29, 0.717) is 6.54 Å². The first-order chi connectivity index (χ1) is 15.2. The number of nitrogens with one attached hydrogen (secondary N) is 2. The Kier molecular flexibility index (Phi) is 6.96.